The van der Waals surface area contributed by atoms with Crippen LogP contribution < -0.4 is 5.32 Å². The van der Waals surface area contributed by atoms with Crippen molar-refractivity contribution in [2.24, 2.45) is 0 Å². The van der Waals surface area contributed by atoms with Crippen molar-refractivity contribution in [1.82, 2.24) is 0 Å². The third-order valence-electron chi connectivity index (χ3n) is 3.61. The van der Waals surface area contributed by atoms with Gasteiger partial charge >= 0.3 is 0 Å². The quantitative estimate of drug-likeness (QED) is 0.793. The summed E-state index contributed by atoms with van der Waals surface area (Å²) >= 11 is 0. The van der Waals surface area contributed by atoms with E-state index in [2.05, 4.69) is 18.3 Å². The van der Waals surface area contributed by atoms with E-state index in [1.807, 2.05) is 25.1 Å². The molecule has 1 nitrogen and oxygen atoms in total. The minimum atomic E-state index is -0.132. The van der Waals surface area contributed by atoms with E-state index in [-0.39, 0.29) is 5.82 Å². The summed E-state index contributed by atoms with van der Waals surface area (Å²) < 4.78 is 14.1. The van der Waals surface area contributed by atoms with Gasteiger partial charge in [0, 0.05) is 17.8 Å². The molecule has 3 rings (SSSR count). The Morgan fingerprint density at radius 2 is 1.83 bits per heavy atom. The van der Waals surface area contributed by atoms with Crippen LogP contribution in [0.2, 0.25) is 0 Å². The Hall–Kier alpha value is -1.83. The molecule has 0 unspecified atom stereocenters. The summed E-state index contributed by atoms with van der Waals surface area (Å²) in [5.41, 5.74) is 6.36. The van der Waals surface area contributed by atoms with Crippen LogP contribution in [0.1, 0.15) is 16.7 Å². The lowest BCUT2D eigenvalue weighted by Gasteiger charge is -2.12. The molecule has 0 atom stereocenters. The van der Waals surface area contributed by atoms with E-state index in [4.69, 9.17) is 0 Å². The van der Waals surface area contributed by atoms with Gasteiger partial charge < -0.3 is 5.32 Å². The number of hydrogen-bond donors (Lipinski definition) is 1. The van der Waals surface area contributed by atoms with E-state index in [1.54, 1.807) is 6.07 Å². The Morgan fingerprint density at radius 1 is 1.06 bits per heavy atom. The smallest absolute Gasteiger partial charge is 0.131 e. The molecule has 1 heterocycles. The summed E-state index contributed by atoms with van der Waals surface area (Å²) in [5.74, 6) is -0.132. The van der Waals surface area contributed by atoms with Crippen LogP contribution in [0.3, 0.4) is 0 Å². The van der Waals surface area contributed by atoms with E-state index in [1.165, 1.54) is 16.8 Å². The van der Waals surface area contributed by atoms with Crippen LogP contribution in [0.25, 0.3) is 11.1 Å². The van der Waals surface area contributed by atoms with E-state index >= 15 is 0 Å². The molecule has 0 aliphatic carbocycles. The molecule has 92 valence electrons. The van der Waals surface area contributed by atoms with Crippen molar-refractivity contribution < 1.29 is 4.39 Å². The maximum absolute atomic E-state index is 14.1. The van der Waals surface area contributed by atoms with E-state index in [0.29, 0.717) is 5.56 Å². The second-order valence-electron chi connectivity index (χ2n) is 4.94. The zero-order chi connectivity index (χ0) is 12.7. The van der Waals surface area contributed by atoms with Gasteiger partial charge in [0.25, 0.3) is 0 Å². The molecule has 0 bridgehead atoms. The minimum Gasteiger partial charge on any atom is -0.384 e. The van der Waals surface area contributed by atoms with Crippen LogP contribution >= 0.6 is 0 Å². The van der Waals surface area contributed by atoms with Gasteiger partial charge in [0.1, 0.15) is 5.82 Å². The van der Waals surface area contributed by atoms with Crippen molar-refractivity contribution in [2.75, 3.05) is 11.9 Å². The molecule has 2 heteroatoms. The lowest BCUT2D eigenvalue weighted by atomic mass is 9.95. The third-order valence-corrected chi connectivity index (χ3v) is 3.61. The minimum absolute atomic E-state index is 0.132. The van der Waals surface area contributed by atoms with Crippen molar-refractivity contribution >= 4 is 5.69 Å². The average molecular weight is 241 g/mol. The highest BCUT2D eigenvalue weighted by atomic mass is 19.1. The van der Waals surface area contributed by atoms with Gasteiger partial charge in [-0.2, -0.15) is 0 Å². The molecule has 0 spiro atoms. The Morgan fingerprint density at radius 3 is 2.61 bits per heavy atom. The number of anilines is 1. The second-order valence-corrected chi connectivity index (χ2v) is 4.94. The molecule has 2 aromatic carbocycles. The largest absolute Gasteiger partial charge is 0.384 e. The first-order valence-electron chi connectivity index (χ1n) is 6.29. The second kappa shape index (κ2) is 4.13. The molecular weight excluding hydrogens is 225 g/mol. The number of nitrogens with one attached hydrogen (secondary N) is 1. The fraction of sp³-hybridized carbons (Fsp3) is 0.250. The lowest BCUT2D eigenvalue weighted by molar-refractivity contribution is 0.630. The number of benzene rings is 2. The molecule has 0 saturated heterocycles. The highest BCUT2D eigenvalue weighted by molar-refractivity contribution is 5.78. The Kier molecular flexibility index (Phi) is 2.58. The van der Waals surface area contributed by atoms with Gasteiger partial charge in [0.2, 0.25) is 0 Å². The third kappa shape index (κ3) is 1.69. The summed E-state index contributed by atoms with van der Waals surface area (Å²) in [5, 5.41) is 3.39. The molecule has 0 aromatic heterocycles. The zero-order valence-electron chi connectivity index (χ0n) is 10.7. The van der Waals surface area contributed by atoms with Crippen molar-refractivity contribution in [3.05, 3.63) is 52.8 Å². The fourth-order valence-corrected chi connectivity index (χ4v) is 2.67. The molecule has 1 N–H and O–H groups in total. The summed E-state index contributed by atoms with van der Waals surface area (Å²) in [7, 11) is 0. The van der Waals surface area contributed by atoms with Crippen molar-refractivity contribution in [3.63, 3.8) is 0 Å². The maximum Gasteiger partial charge on any atom is 0.131 e. The predicted molar refractivity (Wildman–Crippen MR) is 73.5 cm³/mol. The van der Waals surface area contributed by atoms with E-state index in [9.17, 15) is 4.39 Å². The molecule has 0 amide bonds. The highest BCUT2D eigenvalue weighted by Gasteiger charge is 2.18. The van der Waals surface area contributed by atoms with Gasteiger partial charge in [-0.1, -0.05) is 24.3 Å². The van der Waals surface area contributed by atoms with E-state index in [0.717, 1.165) is 24.1 Å². The predicted octanol–water partition coefficient (Wildman–Crippen LogP) is 4.08. The van der Waals surface area contributed by atoms with Crippen LogP contribution in [0.4, 0.5) is 10.1 Å². The van der Waals surface area contributed by atoms with Gasteiger partial charge in [-0.05, 0) is 48.6 Å². The first-order chi connectivity index (χ1) is 8.66. The number of rotatable bonds is 1. The van der Waals surface area contributed by atoms with Crippen LogP contribution in [0.15, 0.2) is 30.3 Å². The summed E-state index contributed by atoms with van der Waals surface area (Å²) in [6, 6.07) is 9.55. The van der Waals surface area contributed by atoms with Crippen molar-refractivity contribution in [2.45, 2.75) is 20.3 Å². The Bertz CT molecular complexity index is 617. The Labute approximate surface area is 107 Å². The monoisotopic (exact) mass is 241 g/mol. The van der Waals surface area contributed by atoms with Gasteiger partial charge in [0.15, 0.2) is 0 Å². The van der Waals surface area contributed by atoms with Gasteiger partial charge in [-0.3, -0.25) is 0 Å². The molecule has 2 aromatic rings. The summed E-state index contributed by atoms with van der Waals surface area (Å²) in [6.07, 6.45) is 0.972. The molecule has 0 radical (unpaired) electrons. The van der Waals surface area contributed by atoms with Crippen LogP contribution in [-0.2, 0) is 6.42 Å². The topological polar surface area (TPSA) is 12.0 Å². The fourth-order valence-electron chi connectivity index (χ4n) is 2.67. The van der Waals surface area contributed by atoms with Gasteiger partial charge in [-0.25, -0.2) is 4.39 Å². The lowest BCUT2D eigenvalue weighted by Crippen LogP contribution is -1.93. The molecule has 1 aliphatic rings. The maximum atomic E-state index is 14.1. The number of fused-ring (bicyclic) bond motifs is 1. The van der Waals surface area contributed by atoms with Crippen LogP contribution in [0, 0.1) is 19.7 Å². The zero-order valence-corrected chi connectivity index (χ0v) is 10.7. The molecule has 0 saturated carbocycles. The van der Waals surface area contributed by atoms with E-state index < -0.39 is 0 Å². The SMILES string of the molecule is Cc1ccc(-c2ccc(C)c3c2CCN3)c(F)c1. The Balaban J connectivity index is 2.21. The number of hydrogen-bond acceptors (Lipinski definition) is 1. The van der Waals surface area contributed by atoms with Crippen LogP contribution in [0.5, 0.6) is 0 Å². The van der Waals surface area contributed by atoms with Crippen molar-refractivity contribution in [1.29, 1.82) is 0 Å². The molecule has 1 aliphatic heterocycles. The van der Waals surface area contributed by atoms with Gasteiger partial charge in [-0.15, -0.1) is 0 Å². The van der Waals surface area contributed by atoms with Gasteiger partial charge in [0.05, 0.1) is 0 Å². The summed E-state index contributed by atoms with van der Waals surface area (Å²) in [4.78, 5) is 0. The first kappa shape index (κ1) is 11.3. The molecular formula is C16H16FN. The standard InChI is InChI=1S/C16H16FN/c1-10-3-5-13(15(17)9-10)12-6-4-11(2)16-14(12)7-8-18-16/h3-6,9,18H,7-8H2,1-2H3. The molecule has 0 fully saturated rings. The summed E-state index contributed by atoms with van der Waals surface area (Å²) in [6.45, 7) is 4.95. The highest BCUT2D eigenvalue weighted by Crippen LogP contribution is 2.36. The first-order valence-corrected chi connectivity index (χ1v) is 6.29. The normalized spacial score (nSPS) is 13.3. The average Bonchev–Trinajstić information content (AvgIpc) is 2.81. The van der Waals surface area contributed by atoms with Crippen molar-refractivity contribution in [3.8, 4) is 11.1 Å². The number of aryl methyl sites for hydroxylation is 2. The van der Waals surface area contributed by atoms with Crippen LogP contribution in [-0.4, -0.2) is 6.54 Å². The number of halogens is 1. The molecule has 18 heavy (non-hydrogen) atoms.